The van der Waals surface area contributed by atoms with Crippen LogP contribution < -0.4 is 0 Å². The van der Waals surface area contributed by atoms with Crippen molar-refractivity contribution in [2.45, 2.75) is 83.8 Å². The van der Waals surface area contributed by atoms with Gasteiger partial charge in [-0.25, -0.2) is 4.79 Å². The number of carbonyl (C=O) groups is 1. The Morgan fingerprint density at radius 2 is 2.00 bits per heavy atom. The monoisotopic (exact) mass is 316 g/mol. The van der Waals surface area contributed by atoms with Gasteiger partial charge in [0.25, 0.3) is 0 Å². The number of hydrogen-bond donors (Lipinski definition) is 2. The van der Waals surface area contributed by atoms with Crippen LogP contribution in [0.4, 0.5) is 0 Å². The molecule has 2 N–H and O–H groups in total. The summed E-state index contributed by atoms with van der Waals surface area (Å²) in [5.74, 6) is -0.350. The second kappa shape index (κ2) is 9.25. The fraction of sp³-hybridized carbons (Fsp3) is 0.812. The predicted molar refractivity (Wildman–Crippen MR) is 81.1 cm³/mol. The summed E-state index contributed by atoms with van der Waals surface area (Å²) in [7, 11) is 0. The van der Waals surface area contributed by atoms with Gasteiger partial charge in [0, 0.05) is 12.5 Å². The summed E-state index contributed by atoms with van der Waals surface area (Å²) in [6.45, 7) is 7.23. The number of aliphatic hydroxyl groups is 2. The standard InChI is InChI=1S/C16H28O6/c1-10(2)20-15(19)8-6-5-7-11(3)21-16-14(18)9-13(17)12(4)22-16/h6,8,10-14,16-18H,5,7,9H2,1-4H3/t11?,12-,13+,14+,16+/m0/s1. The number of ether oxygens (including phenoxy) is 3. The predicted octanol–water partition coefficient (Wildman–Crippen LogP) is 1.54. The van der Waals surface area contributed by atoms with Crippen LogP contribution in [0.1, 0.15) is 47.0 Å². The minimum Gasteiger partial charge on any atom is -0.460 e. The molecule has 0 aromatic heterocycles. The number of aliphatic hydroxyl groups excluding tert-OH is 2. The van der Waals surface area contributed by atoms with E-state index in [1.165, 1.54) is 6.08 Å². The number of hydrogen-bond acceptors (Lipinski definition) is 6. The Morgan fingerprint density at radius 1 is 1.32 bits per heavy atom. The molecule has 0 radical (unpaired) electrons. The van der Waals surface area contributed by atoms with Crippen molar-refractivity contribution in [1.29, 1.82) is 0 Å². The van der Waals surface area contributed by atoms with E-state index in [1.807, 2.05) is 6.92 Å². The molecule has 0 aromatic rings. The molecular formula is C16H28O6. The minimum absolute atomic E-state index is 0.123. The first-order valence-corrected chi connectivity index (χ1v) is 7.83. The minimum atomic E-state index is -0.829. The van der Waals surface area contributed by atoms with Crippen LogP contribution in [0, 0.1) is 0 Å². The average Bonchev–Trinajstić information content (AvgIpc) is 2.40. The molecule has 6 heteroatoms. The van der Waals surface area contributed by atoms with Crippen LogP contribution in [0.2, 0.25) is 0 Å². The Hall–Kier alpha value is -0.950. The second-order valence-corrected chi connectivity index (χ2v) is 5.99. The molecule has 1 saturated heterocycles. The van der Waals surface area contributed by atoms with Gasteiger partial charge in [-0.2, -0.15) is 0 Å². The molecule has 22 heavy (non-hydrogen) atoms. The lowest BCUT2D eigenvalue weighted by Gasteiger charge is -2.36. The van der Waals surface area contributed by atoms with E-state index in [-0.39, 0.29) is 30.7 Å². The van der Waals surface area contributed by atoms with Crippen LogP contribution in [-0.2, 0) is 19.0 Å². The van der Waals surface area contributed by atoms with Gasteiger partial charge in [0.05, 0.1) is 24.4 Å². The van der Waals surface area contributed by atoms with Gasteiger partial charge in [-0.3, -0.25) is 0 Å². The fourth-order valence-electron chi connectivity index (χ4n) is 2.14. The molecule has 0 saturated carbocycles. The first-order valence-electron chi connectivity index (χ1n) is 7.83. The van der Waals surface area contributed by atoms with Crippen LogP contribution in [0.3, 0.4) is 0 Å². The first kappa shape index (κ1) is 19.1. The molecule has 1 rings (SSSR count). The van der Waals surface area contributed by atoms with Crippen molar-refractivity contribution in [3.63, 3.8) is 0 Å². The lowest BCUT2D eigenvalue weighted by molar-refractivity contribution is -0.273. The lowest BCUT2D eigenvalue weighted by Crippen LogP contribution is -2.48. The van der Waals surface area contributed by atoms with Gasteiger partial charge in [-0.05, 0) is 40.5 Å². The Balaban J connectivity index is 2.27. The maximum absolute atomic E-state index is 11.3. The zero-order valence-electron chi connectivity index (χ0n) is 13.8. The maximum atomic E-state index is 11.3. The molecule has 0 aromatic carbocycles. The molecule has 5 atom stereocenters. The van der Waals surface area contributed by atoms with E-state index in [9.17, 15) is 15.0 Å². The maximum Gasteiger partial charge on any atom is 0.330 e. The largest absolute Gasteiger partial charge is 0.460 e. The Morgan fingerprint density at radius 3 is 2.64 bits per heavy atom. The van der Waals surface area contributed by atoms with Gasteiger partial charge in [0.15, 0.2) is 6.29 Å². The quantitative estimate of drug-likeness (QED) is 0.547. The van der Waals surface area contributed by atoms with Crippen molar-refractivity contribution in [3.8, 4) is 0 Å². The molecule has 0 bridgehead atoms. The summed E-state index contributed by atoms with van der Waals surface area (Å²) < 4.78 is 16.1. The van der Waals surface area contributed by atoms with Crippen molar-refractivity contribution < 1.29 is 29.2 Å². The van der Waals surface area contributed by atoms with Gasteiger partial charge in [-0.1, -0.05) is 6.08 Å². The van der Waals surface area contributed by atoms with Crippen LogP contribution >= 0.6 is 0 Å². The van der Waals surface area contributed by atoms with Gasteiger partial charge < -0.3 is 24.4 Å². The molecule has 128 valence electrons. The third kappa shape index (κ3) is 6.87. The molecule has 0 aliphatic carbocycles. The molecule has 1 heterocycles. The summed E-state index contributed by atoms with van der Waals surface area (Å²) in [6.07, 6.45) is 1.94. The summed E-state index contributed by atoms with van der Waals surface area (Å²) in [5.41, 5.74) is 0. The molecular weight excluding hydrogens is 288 g/mol. The Bertz CT molecular complexity index is 368. The number of carbonyl (C=O) groups excluding carboxylic acids is 1. The average molecular weight is 316 g/mol. The molecule has 1 fully saturated rings. The highest BCUT2D eigenvalue weighted by Crippen LogP contribution is 2.22. The van der Waals surface area contributed by atoms with Crippen molar-refractivity contribution in [2.75, 3.05) is 0 Å². The van der Waals surface area contributed by atoms with Crippen LogP contribution in [0.5, 0.6) is 0 Å². The van der Waals surface area contributed by atoms with Crippen molar-refractivity contribution >= 4 is 5.97 Å². The third-order valence-corrected chi connectivity index (χ3v) is 3.40. The highest BCUT2D eigenvalue weighted by Gasteiger charge is 2.35. The highest BCUT2D eigenvalue weighted by molar-refractivity contribution is 5.81. The third-order valence-electron chi connectivity index (χ3n) is 3.40. The van der Waals surface area contributed by atoms with E-state index in [1.54, 1.807) is 26.8 Å². The van der Waals surface area contributed by atoms with E-state index < -0.39 is 18.5 Å². The topological polar surface area (TPSA) is 85.2 Å². The number of allylic oxidation sites excluding steroid dienone is 1. The zero-order valence-corrected chi connectivity index (χ0v) is 13.8. The normalized spacial score (nSPS) is 30.7. The number of esters is 1. The molecule has 1 aliphatic rings. The van der Waals surface area contributed by atoms with Crippen molar-refractivity contribution in [1.82, 2.24) is 0 Å². The smallest absolute Gasteiger partial charge is 0.330 e. The molecule has 1 aliphatic heterocycles. The molecule has 1 unspecified atom stereocenters. The Kier molecular flexibility index (Phi) is 8.03. The van der Waals surface area contributed by atoms with Crippen LogP contribution in [-0.4, -0.2) is 53.0 Å². The van der Waals surface area contributed by atoms with Gasteiger partial charge in [0.2, 0.25) is 0 Å². The van der Waals surface area contributed by atoms with Crippen molar-refractivity contribution in [2.24, 2.45) is 0 Å². The van der Waals surface area contributed by atoms with E-state index in [2.05, 4.69) is 0 Å². The van der Waals surface area contributed by atoms with Crippen LogP contribution in [0.15, 0.2) is 12.2 Å². The fourth-order valence-corrected chi connectivity index (χ4v) is 2.14. The summed E-state index contributed by atoms with van der Waals surface area (Å²) in [6, 6.07) is 0. The zero-order chi connectivity index (χ0) is 16.7. The van der Waals surface area contributed by atoms with Crippen LogP contribution in [0.25, 0.3) is 0 Å². The van der Waals surface area contributed by atoms with Gasteiger partial charge >= 0.3 is 5.97 Å². The molecule has 0 spiro atoms. The Labute approximate surface area is 132 Å². The SMILES string of the molecule is CC(C)OC(=O)C=CCCC(C)O[C@@H]1O[C@@H](C)[C@H](O)C[C@H]1O. The van der Waals surface area contributed by atoms with E-state index in [4.69, 9.17) is 14.2 Å². The first-order chi connectivity index (χ1) is 10.3. The van der Waals surface area contributed by atoms with E-state index in [0.717, 1.165) is 0 Å². The van der Waals surface area contributed by atoms with E-state index >= 15 is 0 Å². The van der Waals surface area contributed by atoms with Crippen molar-refractivity contribution in [3.05, 3.63) is 12.2 Å². The van der Waals surface area contributed by atoms with Gasteiger partial charge in [-0.15, -0.1) is 0 Å². The summed E-state index contributed by atoms with van der Waals surface area (Å²) in [4.78, 5) is 11.3. The van der Waals surface area contributed by atoms with E-state index in [0.29, 0.717) is 12.8 Å². The summed E-state index contributed by atoms with van der Waals surface area (Å²) in [5, 5.41) is 19.4. The molecule has 0 amide bonds. The molecule has 6 nitrogen and oxygen atoms in total. The summed E-state index contributed by atoms with van der Waals surface area (Å²) >= 11 is 0. The highest BCUT2D eigenvalue weighted by atomic mass is 16.7. The number of rotatable bonds is 7. The van der Waals surface area contributed by atoms with Gasteiger partial charge in [0.1, 0.15) is 6.10 Å². The lowest BCUT2D eigenvalue weighted by atomic mass is 10.0. The second-order valence-electron chi connectivity index (χ2n) is 5.99.